The highest BCUT2D eigenvalue weighted by atomic mass is 16.7. The molecule has 1 aromatic carbocycles. The summed E-state index contributed by atoms with van der Waals surface area (Å²) in [7, 11) is 0. The molecule has 0 spiro atoms. The number of hydrogen-bond donors (Lipinski definition) is 1. The number of nitrogens with two attached hydrogens (primary N) is 1. The summed E-state index contributed by atoms with van der Waals surface area (Å²) in [5.74, 6) is -0.770. The number of esters is 1. The molecule has 37 heavy (non-hydrogen) atoms. The maximum Gasteiger partial charge on any atom is 0.513 e. The summed E-state index contributed by atoms with van der Waals surface area (Å²) in [4.78, 5) is 47.8. The van der Waals surface area contributed by atoms with E-state index in [1.807, 2.05) is 27.7 Å². The Morgan fingerprint density at radius 2 is 1.32 bits per heavy atom. The van der Waals surface area contributed by atoms with Crippen molar-refractivity contribution in [2.24, 2.45) is 17.6 Å². The van der Waals surface area contributed by atoms with Gasteiger partial charge in [-0.1, -0.05) is 33.8 Å². The van der Waals surface area contributed by atoms with Gasteiger partial charge in [0, 0.05) is 0 Å². The molecule has 0 aromatic heterocycles. The van der Waals surface area contributed by atoms with E-state index in [9.17, 15) is 19.2 Å². The third-order valence-corrected chi connectivity index (χ3v) is 4.24. The van der Waals surface area contributed by atoms with Crippen molar-refractivity contribution in [3.05, 3.63) is 23.8 Å². The summed E-state index contributed by atoms with van der Waals surface area (Å²) in [5.41, 5.74) is 6.44. The molecule has 2 N–H and O–H groups in total. The fourth-order valence-electron chi connectivity index (χ4n) is 2.55. The first-order chi connectivity index (χ1) is 17.4. The van der Waals surface area contributed by atoms with Gasteiger partial charge in [-0.05, 0) is 49.8 Å². The van der Waals surface area contributed by atoms with Crippen LogP contribution in [0.5, 0.6) is 11.5 Å². The summed E-state index contributed by atoms with van der Waals surface area (Å²) in [6, 6.07) is 3.22. The van der Waals surface area contributed by atoms with Crippen LogP contribution in [0.25, 0.3) is 0 Å². The number of rotatable bonds is 13. The van der Waals surface area contributed by atoms with Crippen molar-refractivity contribution < 1.29 is 52.3 Å². The second-order valence-corrected chi connectivity index (χ2v) is 8.95. The molecule has 0 unspecified atom stereocenters. The predicted molar refractivity (Wildman–Crippen MR) is 130 cm³/mol. The van der Waals surface area contributed by atoms with Crippen molar-refractivity contribution >= 4 is 24.4 Å². The lowest BCUT2D eigenvalue weighted by Gasteiger charge is -2.16. The van der Waals surface area contributed by atoms with Crippen LogP contribution in [0.1, 0.15) is 47.1 Å². The van der Waals surface area contributed by atoms with Gasteiger partial charge in [-0.15, -0.1) is 0 Å². The summed E-state index contributed by atoms with van der Waals surface area (Å²) in [6.07, 6.45) is -3.57. The maximum absolute atomic E-state index is 12.3. The lowest BCUT2D eigenvalue weighted by atomic mass is 10.1. The average Bonchev–Trinajstić information content (AvgIpc) is 2.81. The smallest absolute Gasteiger partial charge is 0.461 e. The normalized spacial score (nSPS) is 12.4. The summed E-state index contributed by atoms with van der Waals surface area (Å²) >= 11 is 0. The van der Waals surface area contributed by atoms with Gasteiger partial charge in [-0.25, -0.2) is 14.4 Å². The van der Waals surface area contributed by atoms with E-state index < -0.39 is 36.6 Å². The van der Waals surface area contributed by atoms with E-state index in [0.717, 1.165) is 0 Å². The zero-order valence-electron chi connectivity index (χ0n) is 22.1. The number of hydrogen-bond acceptors (Lipinski definition) is 12. The SMILES string of the molecule is CCOC(=O)O[C@@H](C)COC(=O)[C@@H](N)Cc1ccc(OC(=O)OCC(C)C)c(OC(=O)OCC(C)C)c1. The fraction of sp³-hybridized carbons (Fsp3) is 0.600. The lowest BCUT2D eigenvalue weighted by molar-refractivity contribution is -0.148. The zero-order chi connectivity index (χ0) is 28.0. The monoisotopic (exact) mass is 527 g/mol. The van der Waals surface area contributed by atoms with Gasteiger partial charge in [0.25, 0.3) is 0 Å². The molecule has 0 fully saturated rings. The highest BCUT2D eigenvalue weighted by Crippen LogP contribution is 2.30. The van der Waals surface area contributed by atoms with E-state index in [0.29, 0.717) is 5.56 Å². The van der Waals surface area contributed by atoms with Gasteiger partial charge in [0.2, 0.25) is 0 Å². The summed E-state index contributed by atoms with van der Waals surface area (Å²) < 4.78 is 35.1. The van der Waals surface area contributed by atoms with Crippen molar-refractivity contribution in [1.82, 2.24) is 0 Å². The van der Waals surface area contributed by atoms with Gasteiger partial charge in [0.05, 0.1) is 19.8 Å². The van der Waals surface area contributed by atoms with E-state index in [1.165, 1.54) is 25.1 Å². The Kier molecular flexibility index (Phi) is 13.8. The Bertz CT molecular complexity index is 901. The van der Waals surface area contributed by atoms with Crippen molar-refractivity contribution in [1.29, 1.82) is 0 Å². The number of ether oxygens (including phenoxy) is 7. The second kappa shape index (κ2) is 16.3. The molecular weight excluding hydrogens is 490 g/mol. The molecule has 0 radical (unpaired) electrons. The third kappa shape index (κ3) is 13.4. The van der Waals surface area contributed by atoms with Crippen LogP contribution in [0, 0.1) is 11.8 Å². The Balaban J connectivity index is 2.86. The molecule has 1 rings (SSSR count). The molecule has 12 heteroatoms. The predicted octanol–water partition coefficient (Wildman–Crippen LogP) is 4.00. The van der Waals surface area contributed by atoms with Gasteiger partial charge in [-0.2, -0.15) is 0 Å². The van der Waals surface area contributed by atoms with Gasteiger partial charge < -0.3 is 38.9 Å². The highest BCUT2D eigenvalue weighted by Gasteiger charge is 2.21. The van der Waals surface area contributed by atoms with Gasteiger partial charge in [-0.3, -0.25) is 4.79 Å². The minimum Gasteiger partial charge on any atom is -0.461 e. The second-order valence-electron chi connectivity index (χ2n) is 8.95. The fourth-order valence-corrected chi connectivity index (χ4v) is 2.55. The standard InChI is InChI=1S/C25H37NO11/c1-7-31-23(28)35-17(6)14-32-22(27)19(26)10-18-8-9-20(36-24(29)33-12-15(2)3)21(11-18)37-25(30)34-13-16(4)5/h8-9,11,15-17,19H,7,10,12-14,26H2,1-6H3/t17-,19-/m0/s1. The number of carbonyl (C=O) groups is 4. The van der Waals surface area contributed by atoms with Crippen LogP contribution < -0.4 is 15.2 Å². The van der Waals surface area contributed by atoms with Crippen LogP contribution in [-0.2, 0) is 34.9 Å². The Hall–Kier alpha value is -3.54. The molecule has 0 saturated carbocycles. The number of carbonyl (C=O) groups excluding carboxylic acids is 4. The van der Waals surface area contributed by atoms with Crippen LogP contribution in [0.15, 0.2) is 18.2 Å². The van der Waals surface area contributed by atoms with Crippen LogP contribution in [0.2, 0.25) is 0 Å². The molecule has 208 valence electrons. The largest absolute Gasteiger partial charge is 0.513 e. The first-order valence-corrected chi connectivity index (χ1v) is 12.0. The van der Waals surface area contributed by atoms with Crippen LogP contribution in [-0.4, -0.2) is 63.0 Å². The van der Waals surface area contributed by atoms with Gasteiger partial charge in [0.15, 0.2) is 11.5 Å². The first-order valence-electron chi connectivity index (χ1n) is 12.0. The Morgan fingerprint density at radius 1 is 0.757 bits per heavy atom. The first kappa shape index (κ1) is 31.5. The lowest BCUT2D eigenvalue weighted by Crippen LogP contribution is -2.36. The molecule has 1 aromatic rings. The minimum absolute atomic E-state index is 0.00141. The average molecular weight is 528 g/mol. The summed E-state index contributed by atoms with van der Waals surface area (Å²) in [5, 5.41) is 0. The minimum atomic E-state index is -1.08. The molecule has 0 aliphatic rings. The maximum atomic E-state index is 12.3. The van der Waals surface area contributed by atoms with Crippen LogP contribution in [0.3, 0.4) is 0 Å². The Morgan fingerprint density at radius 3 is 1.86 bits per heavy atom. The van der Waals surface area contributed by atoms with Gasteiger partial charge in [0.1, 0.15) is 18.8 Å². The topological polar surface area (TPSA) is 159 Å². The molecule has 2 atom stereocenters. The molecular formula is C25H37NO11. The van der Waals surface area contributed by atoms with E-state index in [-0.39, 0.29) is 56.2 Å². The zero-order valence-corrected chi connectivity index (χ0v) is 22.1. The summed E-state index contributed by atoms with van der Waals surface area (Å²) in [6.45, 7) is 10.8. The molecule has 0 heterocycles. The van der Waals surface area contributed by atoms with Crippen molar-refractivity contribution in [3.63, 3.8) is 0 Å². The van der Waals surface area contributed by atoms with Gasteiger partial charge >= 0.3 is 24.4 Å². The van der Waals surface area contributed by atoms with E-state index in [4.69, 9.17) is 34.2 Å². The van der Waals surface area contributed by atoms with Crippen LogP contribution in [0.4, 0.5) is 14.4 Å². The van der Waals surface area contributed by atoms with Crippen molar-refractivity contribution in [2.45, 2.75) is 60.1 Å². The van der Waals surface area contributed by atoms with E-state index >= 15 is 0 Å². The molecule has 12 nitrogen and oxygen atoms in total. The third-order valence-electron chi connectivity index (χ3n) is 4.24. The molecule has 0 aliphatic heterocycles. The van der Waals surface area contributed by atoms with Crippen LogP contribution >= 0.6 is 0 Å². The molecule has 0 amide bonds. The van der Waals surface area contributed by atoms with Crippen molar-refractivity contribution in [3.8, 4) is 11.5 Å². The molecule has 0 aliphatic carbocycles. The molecule has 0 saturated heterocycles. The highest BCUT2D eigenvalue weighted by molar-refractivity contribution is 5.76. The quantitative estimate of drug-likeness (QED) is 0.223. The Labute approximate surface area is 216 Å². The van der Waals surface area contributed by atoms with E-state index in [2.05, 4.69) is 4.74 Å². The van der Waals surface area contributed by atoms with Crippen molar-refractivity contribution in [2.75, 3.05) is 26.4 Å². The van der Waals surface area contributed by atoms with E-state index in [1.54, 1.807) is 6.92 Å². The molecule has 0 bridgehead atoms. The number of benzene rings is 1.